The van der Waals surface area contributed by atoms with Gasteiger partial charge >= 0.3 is 0 Å². The first-order valence-corrected chi connectivity index (χ1v) is 12.1. The standard InChI is InChI=1S/C23H30N2O6S/c1-15(2)22(25-32(27,28)19-9-7-18(29-4)8-10-19)23(26)24-16(3)17-6-11-20-21(14-17)31-13-5-12-30-20/h6-11,14-16,22,25H,5,12-13H2,1-4H3,(H,24,26)/t16?,22-/m0/s1. The Kier molecular flexibility index (Phi) is 7.63. The van der Waals surface area contributed by atoms with Crippen LogP contribution in [0, 0.1) is 5.92 Å². The molecule has 0 saturated heterocycles. The minimum absolute atomic E-state index is 0.0627. The third-order valence-corrected chi connectivity index (χ3v) is 6.69. The second-order valence-corrected chi connectivity index (χ2v) is 9.72. The molecule has 2 aromatic rings. The van der Waals surface area contributed by atoms with Gasteiger partial charge in [-0.15, -0.1) is 0 Å². The number of fused-ring (bicyclic) bond motifs is 1. The van der Waals surface area contributed by atoms with Crippen LogP contribution in [-0.2, 0) is 14.8 Å². The van der Waals surface area contributed by atoms with E-state index in [0.717, 1.165) is 12.0 Å². The number of amides is 1. The molecule has 0 aromatic heterocycles. The van der Waals surface area contributed by atoms with Gasteiger partial charge < -0.3 is 19.5 Å². The molecular weight excluding hydrogens is 432 g/mol. The number of carbonyl (C=O) groups is 1. The molecule has 0 radical (unpaired) electrons. The van der Waals surface area contributed by atoms with Gasteiger partial charge in [0.15, 0.2) is 11.5 Å². The van der Waals surface area contributed by atoms with Crippen LogP contribution in [0.2, 0.25) is 0 Å². The first kappa shape index (κ1) is 23.9. The van der Waals surface area contributed by atoms with Crippen molar-refractivity contribution < 1.29 is 27.4 Å². The number of ether oxygens (including phenoxy) is 3. The largest absolute Gasteiger partial charge is 0.497 e. The van der Waals surface area contributed by atoms with Gasteiger partial charge in [-0.2, -0.15) is 4.72 Å². The van der Waals surface area contributed by atoms with Crippen LogP contribution in [0.25, 0.3) is 0 Å². The second-order valence-electron chi connectivity index (χ2n) is 8.01. The smallest absolute Gasteiger partial charge is 0.241 e. The highest BCUT2D eigenvalue weighted by atomic mass is 32.2. The summed E-state index contributed by atoms with van der Waals surface area (Å²) in [4.78, 5) is 13.1. The highest BCUT2D eigenvalue weighted by Gasteiger charge is 2.29. The summed E-state index contributed by atoms with van der Waals surface area (Å²) in [5.74, 6) is 1.19. The van der Waals surface area contributed by atoms with E-state index in [1.54, 1.807) is 26.0 Å². The Morgan fingerprint density at radius 1 is 1.00 bits per heavy atom. The Morgan fingerprint density at radius 3 is 2.28 bits per heavy atom. The topological polar surface area (TPSA) is 103 Å². The lowest BCUT2D eigenvalue weighted by Crippen LogP contribution is -2.50. The number of methoxy groups -OCH3 is 1. The van der Waals surface area contributed by atoms with Gasteiger partial charge in [0.05, 0.1) is 31.3 Å². The van der Waals surface area contributed by atoms with Crippen LogP contribution < -0.4 is 24.2 Å². The monoisotopic (exact) mass is 462 g/mol. The zero-order chi connectivity index (χ0) is 23.3. The van der Waals surface area contributed by atoms with Crippen molar-refractivity contribution in [3.05, 3.63) is 48.0 Å². The molecule has 1 aliphatic heterocycles. The second kappa shape index (κ2) is 10.2. The Bertz CT molecular complexity index is 1040. The van der Waals surface area contributed by atoms with Crippen LogP contribution in [0.15, 0.2) is 47.4 Å². The third-order valence-electron chi connectivity index (χ3n) is 5.23. The summed E-state index contributed by atoms with van der Waals surface area (Å²) in [6.45, 7) is 6.59. The molecule has 0 saturated carbocycles. The van der Waals surface area contributed by atoms with Gasteiger partial charge in [-0.3, -0.25) is 4.79 Å². The van der Waals surface area contributed by atoms with E-state index in [4.69, 9.17) is 14.2 Å². The molecule has 0 fully saturated rings. The molecule has 1 heterocycles. The van der Waals surface area contributed by atoms with Gasteiger partial charge in [-0.1, -0.05) is 19.9 Å². The van der Waals surface area contributed by atoms with Crippen LogP contribution in [0.4, 0.5) is 0 Å². The number of hydrogen-bond donors (Lipinski definition) is 2. The molecule has 9 heteroatoms. The van der Waals surface area contributed by atoms with E-state index in [0.29, 0.717) is 30.5 Å². The van der Waals surface area contributed by atoms with Crippen molar-refractivity contribution in [3.63, 3.8) is 0 Å². The minimum Gasteiger partial charge on any atom is -0.497 e. The quantitative estimate of drug-likeness (QED) is 0.625. The zero-order valence-corrected chi connectivity index (χ0v) is 19.6. The maximum atomic E-state index is 13.0. The zero-order valence-electron chi connectivity index (χ0n) is 18.8. The van der Waals surface area contributed by atoms with Crippen molar-refractivity contribution in [3.8, 4) is 17.2 Å². The summed E-state index contributed by atoms with van der Waals surface area (Å²) < 4.78 is 44.7. The van der Waals surface area contributed by atoms with Crippen molar-refractivity contribution >= 4 is 15.9 Å². The van der Waals surface area contributed by atoms with Crippen molar-refractivity contribution in [1.82, 2.24) is 10.0 Å². The van der Waals surface area contributed by atoms with Crippen LogP contribution >= 0.6 is 0 Å². The van der Waals surface area contributed by atoms with Crippen molar-refractivity contribution in [2.45, 2.75) is 44.2 Å². The van der Waals surface area contributed by atoms with Crippen molar-refractivity contribution in [2.24, 2.45) is 5.92 Å². The first-order chi connectivity index (χ1) is 15.2. The third kappa shape index (κ3) is 5.72. The van der Waals surface area contributed by atoms with E-state index in [9.17, 15) is 13.2 Å². The van der Waals surface area contributed by atoms with Gasteiger partial charge in [-0.05, 0) is 54.8 Å². The molecule has 0 aliphatic carbocycles. The summed E-state index contributed by atoms with van der Waals surface area (Å²) in [6.07, 6.45) is 0.806. The molecule has 2 aromatic carbocycles. The number of benzene rings is 2. The summed E-state index contributed by atoms with van der Waals surface area (Å²) in [5.41, 5.74) is 0.836. The van der Waals surface area contributed by atoms with E-state index in [1.165, 1.54) is 19.2 Å². The summed E-state index contributed by atoms with van der Waals surface area (Å²) in [6, 6.07) is 10.2. The van der Waals surface area contributed by atoms with Crippen molar-refractivity contribution in [2.75, 3.05) is 20.3 Å². The predicted octanol–water partition coefficient (Wildman–Crippen LogP) is 3.04. The SMILES string of the molecule is COc1ccc(S(=O)(=O)N[C@H](C(=O)NC(C)c2ccc3c(c2)OCCCO3)C(C)C)cc1. The fraction of sp³-hybridized carbons (Fsp3) is 0.435. The van der Waals surface area contributed by atoms with Gasteiger partial charge in [0.25, 0.3) is 0 Å². The molecule has 1 unspecified atom stereocenters. The molecule has 174 valence electrons. The average molecular weight is 463 g/mol. The number of sulfonamides is 1. The lowest BCUT2D eigenvalue weighted by atomic mass is 10.0. The number of nitrogens with one attached hydrogen (secondary N) is 2. The molecule has 32 heavy (non-hydrogen) atoms. The lowest BCUT2D eigenvalue weighted by molar-refractivity contribution is -0.124. The van der Waals surface area contributed by atoms with E-state index in [2.05, 4.69) is 10.0 Å². The Morgan fingerprint density at radius 2 is 1.66 bits per heavy atom. The highest BCUT2D eigenvalue weighted by Crippen LogP contribution is 2.32. The maximum Gasteiger partial charge on any atom is 0.241 e. The predicted molar refractivity (Wildman–Crippen MR) is 121 cm³/mol. The fourth-order valence-corrected chi connectivity index (χ4v) is 4.66. The van der Waals surface area contributed by atoms with Crippen LogP contribution in [0.5, 0.6) is 17.2 Å². The van der Waals surface area contributed by atoms with Gasteiger partial charge in [0.1, 0.15) is 11.8 Å². The molecule has 1 aliphatic rings. The molecule has 3 rings (SSSR count). The molecule has 2 N–H and O–H groups in total. The molecule has 0 bridgehead atoms. The molecule has 8 nitrogen and oxygen atoms in total. The molecule has 2 atom stereocenters. The molecular formula is C23H30N2O6S. The maximum absolute atomic E-state index is 13.0. The fourth-order valence-electron chi connectivity index (χ4n) is 3.32. The summed E-state index contributed by atoms with van der Waals surface area (Å²) in [7, 11) is -2.39. The highest BCUT2D eigenvalue weighted by molar-refractivity contribution is 7.89. The van der Waals surface area contributed by atoms with Gasteiger partial charge in [-0.25, -0.2) is 8.42 Å². The minimum atomic E-state index is -3.89. The Hall–Kier alpha value is -2.78. The average Bonchev–Trinajstić information content (AvgIpc) is 3.02. The molecule has 0 spiro atoms. The van der Waals surface area contributed by atoms with E-state index < -0.39 is 22.0 Å². The molecule has 1 amide bonds. The summed E-state index contributed by atoms with van der Waals surface area (Å²) >= 11 is 0. The van der Waals surface area contributed by atoms with E-state index in [-0.39, 0.29) is 16.9 Å². The normalized spacial score (nSPS) is 15.5. The van der Waals surface area contributed by atoms with Crippen LogP contribution in [0.3, 0.4) is 0 Å². The number of carbonyl (C=O) groups excluding carboxylic acids is 1. The first-order valence-electron chi connectivity index (χ1n) is 10.6. The van der Waals surface area contributed by atoms with Crippen LogP contribution in [0.1, 0.15) is 38.8 Å². The van der Waals surface area contributed by atoms with E-state index in [1.807, 2.05) is 25.1 Å². The lowest BCUT2D eigenvalue weighted by Gasteiger charge is -2.24. The number of rotatable bonds is 8. The van der Waals surface area contributed by atoms with Gasteiger partial charge in [0, 0.05) is 6.42 Å². The Balaban J connectivity index is 1.72. The summed E-state index contributed by atoms with van der Waals surface area (Å²) in [5, 5.41) is 2.91. The number of hydrogen-bond acceptors (Lipinski definition) is 6. The Labute approximate surface area is 189 Å². The van der Waals surface area contributed by atoms with E-state index >= 15 is 0 Å². The van der Waals surface area contributed by atoms with Gasteiger partial charge in [0.2, 0.25) is 15.9 Å². The van der Waals surface area contributed by atoms with Crippen molar-refractivity contribution in [1.29, 1.82) is 0 Å². The van der Waals surface area contributed by atoms with Crippen LogP contribution in [-0.4, -0.2) is 40.7 Å².